The Morgan fingerprint density at radius 2 is 2.03 bits per heavy atom. The lowest BCUT2D eigenvalue weighted by atomic mass is 10.2. The van der Waals surface area contributed by atoms with Crippen LogP contribution in [0.3, 0.4) is 0 Å². The van der Waals surface area contributed by atoms with Gasteiger partial charge in [0.25, 0.3) is 5.56 Å². The number of halogens is 2. The maximum absolute atomic E-state index is 14.0. The van der Waals surface area contributed by atoms with Crippen molar-refractivity contribution in [1.82, 2.24) is 14.1 Å². The topological polar surface area (TPSA) is 49.0 Å². The number of fused-ring (bicyclic) bond motifs is 1. The summed E-state index contributed by atoms with van der Waals surface area (Å²) in [5.74, 6) is -0.258. The number of aromatic nitrogens is 3. The monoisotopic (exact) mass is 463 g/mol. The third-order valence-electron chi connectivity index (χ3n) is 4.45. The van der Waals surface area contributed by atoms with Gasteiger partial charge in [0.2, 0.25) is 0 Å². The van der Waals surface area contributed by atoms with Gasteiger partial charge >= 0.3 is 0 Å². The minimum Gasteiger partial charge on any atom is -0.497 e. The number of methoxy groups -OCH3 is 1. The SMILES string of the molecule is COc1cccc(-n2c(=S)sc3c(=O)n(C)c(SCc4cc(F)ccc4F)nc32)c1. The van der Waals surface area contributed by atoms with Gasteiger partial charge in [0.05, 0.1) is 12.8 Å². The van der Waals surface area contributed by atoms with Gasteiger partial charge in [-0.15, -0.1) is 0 Å². The second-order valence-electron chi connectivity index (χ2n) is 6.34. The second-order valence-corrected chi connectivity index (χ2v) is 8.93. The van der Waals surface area contributed by atoms with E-state index < -0.39 is 11.6 Å². The van der Waals surface area contributed by atoms with Gasteiger partial charge in [-0.25, -0.2) is 13.8 Å². The van der Waals surface area contributed by atoms with Gasteiger partial charge in [0.1, 0.15) is 22.1 Å². The van der Waals surface area contributed by atoms with E-state index in [4.69, 9.17) is 17.0 Å². The van der Waals surface area contributed by atoms with E-state index in [1.807, 2.05) is 18.2 Å². The minimum absolute atomic E-state index is 0.124. The Balaban J connectivity index is 1.82. The van der Waals surface area contributed by atoms with Crippen LogP contribution < -0.4 is 10.3 Å². The van der Waals surface area contributed by atoms with Crippen LogP contribution in [0.1, 0.15) is 5.56 Å². The second kappa shape index (κ2) is 8.29. The fourth-order valence-electron chi connectivity index (χ4n) is 2.91. The normalized spacial score (nSPS) is 11.2. The van der Waals surface area contributed by atoms with Crippen molar-refractivity contribution in [2.75, 3.05) is 7.11 Å². The molecule has 0 saturated heterocycles. The summed E-state index contributed by atoms with van der Waals surface area (Å²) in [6, 6.07) is 10.6. The summed E-state index contributed by atoms with van der Waals surface area (Å²) in [5.41, 5.74) is 1.09. The molecule has 0 atom stereocenters. The zero-order chi connectivity index (χ0) is 21.4. The highest BCUT2D eigenvalue weighted by Crippen LogP contribution is 2.28. The first-order chi connectivity index (χ1) is 14.4. The summed E-state index contributed by atoms with van der Waals surface area (Å²) >= 11 is 7.82. The van der Waals surface area contributed by atoms with Crippen LogP contribution in [-0.2, 0) is 12.8 Å². The van der Waals surface area contributed by atoms with Gasteiger partial charge in [-0.1, -0.05) is 29.2 Å². The lowest BCUT2D eigenvalue weighted by Gasteiger charge is -2.10. The van der Waals surface area contributed by atoms with Crippen molar-refractivity contribution in [3.8, 4) is 11.4 Å². The number of nitrogens with zero attached hydrogens (tertiary/aromatic N) is 3. The summed E-state index contributed by atoms with van der Waals surface area (Å²) in [6.07, 6.45) is 0. The molecule has 2 heterocycles. The van der Waals surface area contributed by atoms with Crippen molar-refractivity contribution in [3.05, 3.63) is 74.0 Å². The number of benzene rings is 2. The third-order valence-corrected chi connectivity index (χ3v) is 6.88. The highest BCUT2D eigenvalue weighted by molar-refractivity contribution is 7.98. The molecule has 0 amide bonds. The molecule has 4 rings (SSSR count). The smallest absolute Gasteiger partial charge is 0.273 e. The van der Waals surface area contributed by atoms with Gasteiger partial charge in [0.15, 0.2) is 14.8 Å². The average Bonchev–Trinajstić information content (AvgIpc) is 3.08. The summed E-state index contributed by atoms with van der Waals surface area (Å²) < 4.78 is 36.7. The number of hydrogen-bond acceptors (Lipinski definition) is 6. The Bertz CT molecular complexity index is 1380. The van der Waals surface area contributed by atoms with Crippen LogP contribution in [-0.4, -0.2) is 21.2 Å². The van der Waals surface area contributed by atoms with Crippen molar-refractivity contribution in [1.29, 1.82) is 0 Å². The number of ether oxygens (including phenoxy) is 1. The molecule has 5 nitrogen and oxygen atoms in total. The van der Waals surface area contributed by atoms with Gasteiger partial charge < -0.3 is 4.74 Å². The molecular formula is C20H15F2N3O2S3. The lowest BCUT2D eigenvalue weighted by Crippen LogP contribution is -2.19. The molecule has 2 aromatic heterocycles. The Morgan fingerprint density at radius 3 is 2.80 bits per heavy atom. The first-order valence-electron chi connectivity index (χ1n) is 8.73. The minimum atomic E-state index is -0.520. The van der Waals surface area contributed by atoms with Gasteiger partial charge in [-0.05, 0) is 42.5 Å². The van der Waals surface area contributed by atoms with Crippen LogP contribution in [0.5, 0.6) is 5.75 Å². The molecule has 30 heavy (non-hydrogen) atoms. The van der Waals surface area contributed by atoms with Crippen LogP contribution in [0.4, 0.5) is 8.78 Å². The zero-order valence-electron chi connectivity index (χ0n) is 15.9. The van der Waals surface area contributed by atoms with Crippen molar-refractivity contribution >= 4 is 45.7 Å². The van der Waals surface area contributed by atoms with Crippen LogP contribution in [0.15, 0.2) is 52.4 Å². The molecule has 154 valence electrons. The molecule has 0 N–H and O–H groups in total. The van der Waals surface area contributed by atoms with E-state index in [0.717, 1.165) is 35.6 Å². The molecule has 0 aliphatic rings. The molecule has 0 spiro atoms. The quantitative estimate of drug-likeness (QED) is 0.234. The molecule has 0 fully saturated rings. The van der Waals surface area contributed by atoms with Crippen molar-refractivity contribution in [2.45, 2.75) is 10.9 Å². The Labute approximate surface area is 183 Å². The predicted octanol–water partition coefficient (Wildman–Crippen LogP) is 5.09. The fraction of sp³-hybridized carbons (Fsp3) is 0.150. The molecule has 0 aliphatic heterocycles. The molecule has 2 aromatic carbocycles. The van der Waals surface area contributed by atoms with Crippen LogP contribution in [0.25, 0.3) is 16.0 Å². The van der Waals surface area contributed by atoms with Gasteiger partial charge in [-0.3, -0.25) is 13.9 Å². The summed E-state index contributed by atoms with van der Waals surface area (Å²) in [6.45, 7) is 0. The first-order valence-corrected chi connectivity index (χ1v) is 10.9. The van der Waals surface area contributed by atoms with Gasteiger partial charge in [-0.2, -0.15) is 0 Å². The fourth-order valence-corrected chi connectivity index (χ4v) is 5.20. The number of hydrogen-bond donors (Lipinski definition) is 0. The Morgan fingerprint density at radius 1 is 1.23 bits per heavy atom. The molecule has 0 unspecified atom stereocenters. The van der Waals surface area contributed by atoms with Crippen LogP contribution in [0, 0.1) is 15.6 Å². The molecule has 0 radical (unpaired) electrons. The van der Waals surface area contributed by atoms with Crippen molar-refractivity contribution in [2.24, 2.45) is 7.05 Å². The van der Waals surface area contributed by atoms with E-state index in [1.165, 1.54) is 15.9 Å². The molecule has 0 bridgehead atoms. The Kier molecular flexibility index (Phi) is 5.72. The number of thioether (sulfide) groups is 1. The van der Waals surface area contributed by atoms with Crippen molar-refractivity contribution < 1.29 is 13.5 Å². The molecule has 10 heteroatoms. The van der Waals surface area contributed by atoms with Crippen LogP contribution >= 0.6 is 35.3 Å². The number of thiazole rings is 1. The maximum Gasteiger partial charge on any atom is 0.273 e. The summed E-state index contributed by atoms with van der Waals surface area (Å²) in [5, 5.41) is 0.376. The highest BCUT2D eigenvalue weighted by Gasteiger charge is 2.17. The molecule has 0 saturated carbocycles. The molecule has 4 aromatic rings. The summed E-state index contributed by atoms with van der Waals surface area (Å²) in [4.78, 5) is 17.5. The standard InChI is InChI=1S/C20H15F2N3O2S3/c1-24-18(26)16-17(23-19(24)29-10-11-8-12(21)6-7-15(11)22)25(20(28)30-16)13-4-3-5-14(9-13)27-2/h3-9H,10H2,1-2H3. The van der Waals surface area contributed by atoms with E-state index in [9.17, 15) is 13.6 Å². The van der Waals surface area contributed by atoms with Crippen LogP contribution in [0.2, 0.25) is 0 Å². The zero-order valence-corrected chi connectivity index (χ0v) is 18.3. The maximum atomic E-state index is 14.0. The van der Waals surface area contributed by atoms with Gasteiger partial charge in [0, 0.05) is 24.4 Å². The van der Waals surface area contributed by atoms with E-state index >= 15 is 0 Å². The Hall–Kier alpha value is -2.56. The summed E-state index contributed by atoms with van der Waals surface area (Å²) in [7, 11) is 3.16. The first kappa shape index (κ1) is 20.7. The predicted molar refractivity (Wildman–Crippen MR) is 117 cm³/mol. The number of rotatable bonds is 5. The van der Waals surface area contributed by atoms with E-state index in [-0.39, 0.29) is 16.9 Å². The van der Waals surface area contributed by atoms with E-state index in [2.05, 4.69) is 4.98 Å². The van der Waals surface area contributed by atoms with Crippen molar-refractivity contribution in [3.63, 3.8) is 0 Å². The van der Waals surface area contributed by atoms with E-state index in [0.29, 0.717) is 25.2 Å². The molecule has 0 aliphatic carbocycles. The largest absolute Gasteiger partial charge is 0.497 e. The average molecular weight is 464 g/mol. The highest BCUT2D eigenvalue weighted by atomic mass is 32.2. The third kappa shape index (κ3) is 3.78. The van der Waals surface area contributed by atoms with E-state index in [1.54, 1.807) is 24.8 Å². The lowest BCUT2D eigenvalue weighted by molar-refractivity contribution is 0.414. The molecular weight excluding hydrogens is 448 g/mol.